The third-order valence-corrected chi connectivity index (χ3v) is 1.50. The van der Waals surface area contributed by atoms with Gasteiger partial charge in [-0.3, -0.25) is 4.18 Å². The Bertz CT molecular complexity index is 227. The van der Waals surface area contributed by atoms with E-state index in [0.29, 0.717) is 0 Å². The van der Waals surface area contributed by atoms with E-state index in [4.69, 9.17) is 5.73 Å². The van der Waals surface area contributed by atoms with Gasteiger partial charge in [0, 0.05) is 11.9 Å². The van der Waals surface area contributed by atoms with Crippen LogP contribution in [0.5, 0.6) is 0 Å². The monoisotopic (exact) mass is 217 g/mol. The fraction of sp³-hybridized carbons (Fsp3) is 0.400. The van der Waals surface area contributed by atoms with Crippen molar-refractivity contribution in [2.75, 3.05) is 19.1 Å². The molecule has 2 N–H and O–H groups in total. The van der Waals surface area contributed by atoms with E-state index in [1.165, 1.54) is 13.4 Å². The zero-order valence-electron chi connectivity index (χ0n) is 9.19. The maximum atomic E-state index is 9.70. The summed E-state index contributed by atoms with van der Waals surface area (Å²) in [4.78, 5) is 0. The van der Waals surface area contributed by atoms with Crippen LogP contribution in [-0.2, 0) is 15.3 Å². The molecule has 0 spiro atoms. The average Bonchev–Trinajstić information content (AvgIpc) is 2.23. The number of nitrogen functional groups attached to an aromatic ring is 1. The molecule has 0 heterocycles. The lowest BCUT2D eigenvalue weighted by Crippen LogP contribution is -1.83. The Morgan fingerprint density at radius 2 is 1.57 bits per heavy atom. The second-order valence-corrected chi connectivity index (χ2v) is 3.11. The zero-order valence-corrected chi connectivity index (χ0v) is 10.0. The molecule has 0 aliphatic heterocycles. The third-order valence-electron chi connectivity index (χ3n) is 1.03. The minimum Gasteiger partial charge on any atom is -0.399 e. The Morgan fingerprint density at radius 1 is 1.21 bits per heavy atom. The standard InChI is InChI=1S/C6H7N.C2H6O2S.C2H6/c7-6-4-2-1-3-5-6;1-4-5(2)3;1-2/h1-5H,7H2;1-2H3;1-2H3. The summed E-state index contributed by atoms with van der Waals surface area (Å²) in [5, 5.41) is 0. The van der Waals surface area contributed by atoms with E-state index in [2.05, 4.69) is 4.18 Å². The number of hydrogen-bond donors (Lipinski definition) is 1. The highest BCUT2D eigenvalue weighted by Gasteiger charge is 1.72. The highest BCUT2D eigenvalue weighted by molar-refractivity contribution is 7.79. The summed E-state index contributed by atoms with van der Waals surface area (Å²) in [5.41, 5.74) is 6.18. The van der Waals surface area contributed by atoms with Crippen molar-refractivity contribution in [3.05, 3.63) is 30.3 Å². The lowest BCUT2D eigenvalue weighted by Gasteiger charge is -1.83. The minimum atomic E-state index is -1.07. The molecule has 0 saturated heterocycles. The van der Waals surface area contributed by atoms with Crippen molar-refractivity contribution in [1.82, 2.24) is 0 Å². The van der Waals surface area contributed by atoms with Gasteiger partial charge in [-0.15, -0.1) is 0 Å². The topological polar surface area (TPSA) is 52.3 Å². The van der Waals surface area contributed by atoms with Gasteiger partial charge in [-0.1, -0.05) is 32.0 Å². The molecule has 1 atom stereocenters. The molecule has 0 aromatic heterocycles. The molecule has 1 aromatic carbocycles. The van der Waals surface area contributed by atoms with E-state index >= 15 is 0 Å². The van der Waals surface area contributed by atoms with Crippen molar-refractivity contribution < 1.29 is 8.39 Å². The molecule has 14 heavy (non-hydrogen) atoms. The van der Waals surface area contributed by atoms with Gasteiger partial charge in [-0.2, -0.15) is 0 Å². The van der Waals surface area contributed by atoms with Gasteiger partial charge in [0.1, 0.15) is 0 Å². The van der Waals surface area contributed by atoms with Crippen molar-refractivity contribution >= 4 is 16.8 Å². The Morgan fingerprint density at radius 3 is 1.71 bits per heavy atom. The minimum absolute atomic E-state index is 0.822. The fourth-order valence-electron chi connectivity index (χ4n) is 0.453. The molecule has 1 unspecified atom stereocenters. The van der Waals surface area contributed by atoms with Crippen molar-refractivity contribution in [3.63, 3.8) is 0 Å². The Labute approximate surface area is 88.9 Å². The van der Waals surface area contributed by atoms with Gasteiger partial charge in [0.25, 0.3) is 0 Å². The zero-order chi connectivity index (χ0) is 11.4. The molecule has 0 radical (unpaired) electrons. The number of benzene rings is 1. The molecule has 82 valence electrons. The average molecular weight is 217 g/mol. The van der Waals surface area contributed by atoms with Crippen LogP contribution < -0.4 is 5.73 Å². The van der Waals surface area contributed by atoms with E-state index < -0.39 is 11.1 Å². The molecule has 0 saturated carbocycles. The number of nitrogens with two attached hydrogens (primary N) is 1. The number of hydrogen-bond acceptors (Lipinski definition) is 3. The predicted octanol–water partition coefficient (Wildman–Crippen LogP) is 2.22. The molecule has 1 aromatic rings. The lowest BCUT2D eigenvalue weighted by atomic mass is 10.3. The second-order valence-electron chi connectivity index (χ2n) is 1.98. The summed E-state index contributed by atoms with van der Waals surface area (Å²) in [6.45, 7) is 4.00. The molecule has 0 aliphatic carbocycles. The first-order chi connectivity index (χ1) is 6.66. The first-order valence-electron chi connectivity index (χ1n) is 4.35. The maximum absolute atomic E-state index is 9.70. The Hall–Kier alpha value is -0.870. The van der Waals surface area contributed by atoms with Crippen LogP contribution in [0, 0.1) is 0 Å². The van der Waals surface area contributed by atoms with Gasteiger partial charge in [0.2, 0.25) is 0 Å². The number of anilines is 1. The van der Waals surface area contributed by atoms with E-state index in [0.717, 1.165) is 5.69 Å². The first-order valence-corrected chi connectivity index (χ1v) is 5.83. The number of rotatable bonds is 1. The van der Waals surface area contributed by atoms with Crippen LogP contribution in [0.15, 0.2) is 30.3 Å². The van der Waals surface area contributed by atoms with Gasteiger partial charge >= 0.3 is 0 Å². The van der Waals surface area contributed by atoms with Crippen molar-refractivity contribution in [1.29, 1.82) is 0 Å². The Balaban J connectivity index is 0. The van der Waals surface area contributed by atoms with E-state index in [1.54, 1.807) is 0 Å². The van der Waals surface area contributed by atoms with Crippen LogP contribution >= 0.6 is 0 Å². The molecule has 4 heteroatoms. The molecule has 0 bridgehead atoms. The van der Waals surface area contributed by atoms with Crippen LogP contribution in [0.2, 0.25) is 0 Å². The van der Waals surface area contributed by atoms with Crippen LogP contribution in [0.1, 0.15) is 13.8 Å². The van der Waals surface area contributed by atoms with Gasteiger partial charge in [0.15, 0.2) is 11.1 Å². The molecule has 0 fully saturated rings. The van der Waals surface area contributed by atoms with Crippen LogP contribution in [0.25, 0.3) is 0 Å². The Kier molecular flexibility index (Phi) is 13.5. The van der Waals surface area contributed by atoms with Gasteiger partial charge in [0.05, 0.1) is 7.11 Å². The SMILES string of the molecule is CC.COS(C)=O.Nc1ccccc1. The van der Waals surface area contributed by atoms with E-state index in [1.807, 2.05) is 44.2 Å². The summed E-state index contributed by atoms with van der Waals surface area (Å²) < 4.78 is 13.9. The van der Waals surface area contributed by atoms with Crippen molar-refractivity contribution in [2.45, 2.75) is 13.8 Å². The van der Waals surface area contributed by atoms with E-state index in [-0.39, 0.29) is 0 Å². The quantitative estimate of drug-likeness (QED) is 0.734. The highest BCUT2D eigenvalue weighted by Crippen LogP contribution is 1.95. The molecule has 0 aliphatic rings. The smallest absolute Gasteiger partial charge is 0.151 e. The molecule has 3 nitrogen and oxygen atoms in total. The van der Waals surface area contributed by atoms with Gasteiger partial charge < -0.3 is 5.73 Å². The van der Waals surface area contributed by atoms with Crippen molar-refractivity contribution in [3.8, 4) is 0 Å². The fourth-order valence-corrected chi connectivity index (χ4v) is 0.453. The van der Waals surface area contributed by atoms with E-state index in [9.17, 15) is 4.21 Å². The van der Waals surface area contributed by atoms with Crippen LogP contribution in [0.4, 0.5) is 5.69 Å². The van der Waals surface area contributed by atoms with Crippen molar-refractivity contribution in [2.24, 2.45) is 0 Å². The summed E-state index contributed by atoms with van der Waals surface area (Å²) in [7, 11) is 1.40. The molecule has 1 rings (SSSR count). The summed E-state index contributed by atoms with van der Waals surface area (Å²) >= 11 is -1.07. The van der Waals surface area contributed by atoms with Gasteiger partial charge in [-0.05, 0) is 12.1 Å². The lowest BCUT2D eigenvalue weighted by molar-refractivity contribution is 0.450. The van der Waals surface area contributed by atoms with Gasteiger partial charge in [-0.25, -0.2) is 4.21 Å². The summed E-state index contributed by atoms with van der Waals surface area (Å²) in [6, 6.07) is 9.49. The highest BCUT2D eigenvalue weighted by atomic mass is 32.2. The largest absolute Gasteiger partial charge is 0.399 e. The number of para-hydroxylation sites is 1. The molecular weight excluding hydrogens is 198 g/mol. The molecule has 0 amide bonds. The summed E-state index contributed by atoms with van der Waals surface area (Å²) in [5.74, 6) is 0. The third kappa shape index (κ3) is 13.7. The van der Waals surface area contributed by atoms with Crippen LogP contribution in [-0.4, -0.2) is 17.6 Å². The molecular formula is C10H19NO2S. The normalized spacial score (nSPS) is 10.0. The van der Waals surface area contributed by atoms with Crippen LogP contribution in [0.3, 0.4) is 0 Å². The summed E-state index contributed by atoms with van der Waals surface area (Å²) in [6.07, 6.45) is 1.47. The predicted molar refractivity (Wildman–Crippen MR) is 63.3 cm³/mol. The maximum Gasteiger partial charge on any atom is 0.151 e. The first kappa shape index (κ1) is 15.6. The second kappa shape index (κ2) is 12.1.